The van der Waals surface area contributed by atoms with Gasteiger partial charge in [0, 0.05) is 25.0 Å². The number of hydrogen-bond acceptors (Lipinski definition) is 5. The molecule has 4 N–H and O–H groups in total. The van der Waals surface area contributed by atoms with Gasteiger partial charge in [-0.2, -0.15) is 0 Å². The predicted octanol–water partition coefficient (Wildman–Crippen LogP) is 5.16. The number of ether oxygens (including phenoxy) is 1. The van der Waals surface area contributed by atoms with Gasteiger partial charge in [0.05, 0.1) is 0 Å². The Morgan fingerprint density at radius 1 is 0.829 bits per heavy atom. The fourth-order valence-electron chi connectivity index (χ4n) is 6.81. The molecule has 2 aliphatic rings. The van der Waals surface area contributed by atoms with E-state index in [1.165, 1.54) is 0 Å². The Hall–Kier alpha value is -2.52. The van der Waals surface area contributed by atoms with Crippen LogP contribution >= 0.6 is 0 Å². The molecule has 10 heteroatoms. The van der Waals surface area contributed by atoms with Crippen molar-refractivity contribution in [3.63, 3.8) is 0 Å². The second-order valence-corrected chi connectivity index (χ2v) is 16.4. The number of amides is 4. The number of carbonyl (C=O) groups excluding carboxylic acids is 3. The van der Waals surface area contributed by atoms with Gasteiger partial charge in [-0.3, -0.25) is 9.59 Å². The fraction of sp³-hybridized carbons (Fsp3) is 0.871. The SMILES string of the molecule is CC(C)(C)C[C@H](NC(=O)OC(C)(C)C)C(=O)N[C@H]1CC[C@@H]2CN(C(=O)[C@H](CC(C)(C)CC(C)(C)C)NC(=O)O)C[C@@H]21. The summed E-state index contributed by atoms with van der Waals surface area (Å²) in [5, 5.41) is 17.9. The Morgan fingerprint density at radius 3 is 1.95 bits per heavy atom. The molecular formula is C31H56N4O6. The summed E-state index contributed by atoms with van der Waals surface area (Å²) >= 11 is 0. The van der Waals surface area contributed by atoms with Crippen molar-refractivity contribution in [1.29, 1.82) is 0 Å². The lowest BCUT2D eigenvalue weighted by atomic mass is 9.73. The molecule has 1 heterocycles. The maximum atomic E-state index is 13.6. The van der Waals surface area contributed by atoms with Gasteiger partial charge in [-0.15, -0.1) is 0 Å². The van der Waals surface area contributed by atoms with E-state index in [9.17, 15) is 24.3 Å². The number of alkyl carbamates (subject to hydrolysis) is 1. The average molecular weight is 581 g/mol. The summed E-state index contributed by atoms with van der Waals surface area (Å²) in [6.07, 6.45) is 1.53. The van der Waals surface area contributed by atoms with Gasteiger partial charge >= 0.3 is 12.2 Å². The van der Waals surface area contributed by atoms with E-state index in [1.807, 2.05) is 20.8 Å². The minimum absolute atomic E-state index is 0.0413. The normalized spacial score (nSPS) is 22.9. The van der Waals surface area contributed by atoms with E-state index in [0.29, 0.717) is 25.9 Å². The molecule has 236 valence electrons. The quantitative estimate of drug-likeness (QED) is 0.297. The topological polar surface area (TPSA) is 137 Å². The highest BCUT2D eigenvalue weighted by atomic mass is 16.6. The zero-order chi connectivity index (χ0) is 31.6. The summed E-state index contributed by atoms with van der Waals surface area (Å²) in [6, 6.07) is -1.71. The molecule has 1 aliphatic heterocycles. The number of nitrogens with zero attached hydrogens (tertiary/aromatic N) is 1. The minimum atomic E-state index is -1.21. The predicted molar refractivity (Wildman–Crippen MR) is 159 cm³/mol. The van der Waals surface area contributed by atoms with Crippen LogP contribution in [0.1, 0.15) is 108 Å². The summed E-state index contributed by atoms with van der Waals surface area (Å²) < 4.78 is 5.40. The first-order chi connectivity index (χ1) is 18.4. The van der Waals surface area contributed by atoms with Crippen LogP contribution in [-0.4, -0.2) is 70.8 Å². The molecule has 0 aromatic carbocycles. The maximum Gasteiger partial charge on any atom is 0.408 e. The molecule has 2 rings (SSSR count). The van der Waals surface area contributed by atoms with Crippen LogP contribution in [0, 0.1) is 28.1 Å². The lowest BCUT2D eigenvalue weighted by molar-refractivity contribution is -0.133. The van der Waals surface area contributed by atoms with Gasteiger partial charge in [-0.1, -0.05) is 55.4 Å². The van der Waals surface area contributed by atoms with E-state index in [2.05, 4.69) is 50.6 Å². The summed E-state index contributed by atoms with van der Waals surface area (Å²) in [5.41, 5.74) is -1.09. The van der Waals surface area contributed by atoms with Gasteiger partial charge < -0.3 is 30.7 Å². The highest BCUT2D eigenvalue weighted by Gasteiger charge is 2.47. The van der Waals surface area contributed by atoms with Crippen molar-refractivity contribution < 1.29 is 29.0 Å². The number of carbonyl (C=O) groups is 4. The Labute approximate surface area is 247 Å². The second kappa shape index (κ2) is 12.8. The first-order valence-electron chi connectivity index (χ1n) is 15.0. The lowest BCUT2D eigenvalue weighted by Gasteiger charge is -2.36. The van der Waals surface area contributed by atoms with Crippen LogP contribution in [0.5, 0.6) is 0 Å². The van der Waals surface area contributed by atoms with E-state index < -0.39 is 29.9 Å². The van der Waals surface area contributed by atoms with Gasteiger partial charge in [-0.05, 0) is 75.0 Å². The van der Waals surface area contributed by atoms with Gasteiger partial charge in [0.15, 0.2) is 0 Å². The first kappa shape index (κ1) is 34.7. The van der Waals surface area contributed by atoms with E-state index in [1.54, 1.807) is 25.7 Å². The van der Waals surface area contributed by atoms with Crippen molar-refractivity contribution in [2.75, 3.05) is 13.1 Å². The number of nitrogens with one attached hydrogen (secondary N) is 3. The van der Waals surface area contributed by atoms with E-state index in [4.69, 9.17) is 4.74 Å². The lowest BCUT2D eigenvalue weighted by Crippen LogP contribution is -2.53. The van der Waals surface area contributed by atoms with Gasteiger partial charge in [0.25, 0.3) is 0 Å². The van der Waals surface area contributed by atoms with Gasteiger partial charge in [0.2, 0.25) is 11.8 Å². The molecule has 0 aromatic rings. The van der Waals surface area contributed by atoms with Crippen LogP contribution < -0.4 is 16.0 Å². The van der Waals surface area contributed by atoms with Crippen LogP contribution in [0.3, 0.4) is 0 Å². The fourth-order valence-corrected chi connectivity index (χ4v) is 6.81. The molecule has 1 saturated carbocycles. The molecule has 0 bridgehead atoms. The van der Waals surface area contributed by atoms with Crippen LogP contribution in [-0.2, 0) is 14.3 Å². The smallest absolute Gasteiger partial charge is 0.408 e. The van der Waals surface area contributed by atoms with Gasteiger partial charge in [0.1, 0.15) is 17.7 Å². The highest BCUT2D eigenvalue weighted by molar-refractivity contribution is 5.87. The third kappa shape index (κ3) is 11.7. The van der Waals surface area contributed by atoms with Crippen molar-refractivity contribution in [3.8, 4) is 0 Å². The number of hydrogen-bond donors (Lipinski definition) is 4. The molecule has 1 saturated heterocycles. The van der Waals surface area contributed by atoms with Crippen molar-refractivity contribution in [2.45, 2.75) is 132 Å². The van der Waals surface area contributed by atoms with Crippen LogP contribution in [0.2, 0.25) is 0 Å². The molecule has 4 amide bonds. The molecular weight excluding hydrogens is 524 g/mol. The minimum Gasteiger partial charge on any atom is -0.465 e. The molecule has 0 aromatic heterocycles. The largest absolute Gasteiger partial charge is 0.465 e. The molecule has 10 nitrogen and oxygen atoms in total. The van der Waals surface area contributed by atoms with E-state index >= 15 is 0 Å². The van der Waals surface area contributed by atoms with Crippen molar-refractivity contribution >= 4 is 24.0 Å². The summed E-state index contributed by atoms with van der Waals surface area (Å²) in [5.74, 6) is -0.147. The van der Waals surface area contributed by atoms with Crippen LogP contribution in [0.15, 0.2) is 0 Å². The Balaban J connectivity index is 2.11. The highest BCUT2D eigenvalue weighted by Crippen LogP contribution is 2.40. The summed E-state index contributed by atoms with van der Waals surface area (Å²) in [6.45, 7) is 23.0. The third-order valence-electron chi connectivity index (χ3n) is 7.68. The number of carboxylic acid groups (broad SMARTS) is 1. The van der Waals surface area contributed by atoms with Crippen LogP contribution in [0.4, 0.5) is 9.59 Å². The summed E-state index contributed by atoms with van der Waals surface area (Å²) in [4.78, 5) is 53.0. The number of rotatable bonds is 9. The Bertz CT molecular complexity index is 959. The standard InChI is InChI=1S/C31H56N4O6/c1-28(2,3)14-22(34-27(40)41-30(7,8)9)24(36)32-21-13-12-19-16-35(17-20(19)21)25(37)23(33-26(38)39)15-31(10,11)18-29(4,5)6/h19-23,33H,12-18H2,1-11H3,(H,32,36)(H,34,40)(H,38,39)/t19-,20+,21+,22+,23+/m1/s1. The van der Waals surface area contributed by atoms with Crippen molar-refractivity contribution in [2.24, 2.45) is 28.1 Å². The molecule has 5 atom stereocenters. The monoisotopic (exact) mass is 580 g/mol. The second-order valence-electron chi connectivity index (χ2n) is 16.4. The molecule has 2 fully saturated rings. The average Bonchev–Trinajstić information content (AvgIpc) is 3.29. The van der Waals surface area contributed by atoms with Gasteiger partial charge in [-0.25, -0.2) is 9.59 Å². The van der Waals surface area contributed by atoms with Crippen molar-refractivity contribution in [1.82, 2.24) is 20.9 Å². The molecule has 1 aliphatic carbocycles. The maximum absolute atomic E-state index is 13.6. The zero-order valence-electron chi connectivity index (χ0n) is 27.3. The zero-order valence-corrected chi connectivity index (χ0v) is 27.3. The molecule has 0 spiro atoms. The summed E-state index contributed by atoms with van der Waals surface area (Å²) in [7, 11) is 0. The Kier molecular flexibility index (Phi) is 10.8. The number of fused-ring (bicyclic) bond motifs is 1. The van der Waals surface area contributed by atoms with Crippen molar-refractivity contribution in [3.05, 3.63) is 0 Å². The first-order valence-corrected chi connectivity index (χ1v) is 15.0. The molecule has 0 radical (unpaired) electrons. The molecule has 0 unspecified atom stereocenters. The molecule has 41 heavy (non-hydrogen) atoms. The Morgan fingerprint density at radius 2 is 1.44 bits per heavy atom. The third-order valence-corrected chi connectivity index (χ3v) is 7.68. The van der Waals surface area contributed by atoms with E-state index in [-0.39, 0.29) is 45.9 Å². The number of likely N-dealkylation sites (tertiary alicyclic amines) is 1. The van der Waals surface area contributed by atoms with Crippen LogP contribution in [0.25, 0.3) is 0 Å². The van der Waals surface area contributed by atoms with E-state index in [0.717, 1.165) is 19.3 Å².